The van der Waals surface area contributed by atoms with Gasteiger partial charge in [-0.1, -0.05) is 32.4 Å². The molecule has 1 N–H and O–H groups in total. The fourth-order valence-electron chi connectivity index (χ4n) is 1.47. The fourth-order valence-corrected chi connectivity index (χ4v) is 2.94. The van der Waals surface area contributed by atoms with Gasteiger partial charge in [-0.05, 0) is 31.0 Å². The minimum atomic E-state index is 0.188. The molecule has 1 aromatic rings. The van der Waals surface area contributed by atoms with Gasteiger partial charge in [0.2, 0.25) is 0 Å². The van der Waals surface area contributed by atoms with Crippen molar-refractivity contribution < 1.29 is 0 Å². The van der Waals surface area contributed by atoms with Crippen LogP contribution < -0.4 is 5.32 Å². The first-order valence-corrected chi connectivity index (χ1v) is 6.28. The molecule has 0 bridgehead atoms. The number of thiophene rings is 1. The molecular weight excluding hydrogens is 214 g/mol. The van der Waals surface area contributed by atoms with Crippen LogP contribution in [0, 0.1) is 0 Å². The lowest BCUT2D eigenvalue weighted by atomic mass is 9.87. The highest BCUT2D eigenvalue weighted by Crippen LogP contribution is 2.36. The highest BCUT2D eigenvalue weighted by Gasteiger charge is 2.23. The third-order valence-electron chi connectivity index (χ3n) is 2.41. The summed E-state index contributed by atoms with van der Waals surface area (Å²) in [5.41, 5.74) is 0.188. The Kier molecular flexibility index (Phi) is 4.42. The highest BCUT2D eigenvalue weighted by atomic mass is 35.5. The van der Waals surface area contributed by atoms with Crippen molar-refractivity contribution in [2.45, 2.75) is 32.6 Å². The topological polar surface area (TPSA) is 12.0 Å². The molecule has 0 aliphatic carbocycles. The number of halogens is 1. The maximum atomic E-state index is 6.13. The first kappa shape index (κ1) is 12.0. The molecule has 0 aliphatic rings. The molecule has 1 nitrogen and oxygen atoms in total. The minimum Gasteiger partial charge on any atom is -0.317 e. The Morgan fingerprint density at radius 1 is 1.50 bits per heavy atom. The van der Waals surface area contributed by atoms with Crippen LogP contribution in [0.2, 0.25) is 5.02 Å². The number of hydrogen-bond donors (Lipinski definition) is 1. The van der Waals surface area contributed by atoms with Crippen LogP contribution in [-0.2, 0) is 5.41 Å². The highest BCUT2D eigenvalue weighted by molar-refractivity contribution is 7.10. The van der Waals surface area contributed by atoms with Crippen LogP contribution in [0.5, 0.6) is 0 Å². The Morgan fingerprint density at radius 3 is 2.71 bits per heavy atom. The second kappa shape index (κ2) is 5.15. The summed E-state index contributed by atoms with van der Waals surface area (Å²) >= 11 is 7.88. The molecule has 0 saturated heterocycles. The van der Waals surface area contributed by atoms with E-state index in [1.165, 1.54) is 4.88 Å². The van der Waals surface area contributed by atoms with Gasteiger partial charge in [-0.25, -0.2) is 0 Å². The lowest BCUT2D eigenvalue weighted by Gasteiger charge is -2.23. The molecular formula is C11H18ClNS. The van der Waals surface area contributed by atoms with Crippen LogP contribution in [0.15, 0.2) is 11.4 Å². The Hall–Kier alpha value is -0.0500. The maximum Gasteiger partial charge on any atom is 0.0550 e. The van der Waals surface area contributed by atoms with E-state index < -0.39 is 0 Å². The second-order valence-electron chi connectivity index (χ2n) is 4.09. The summed E-state index contributed by atoms with van der Waals surface area (Å²) in [6, 6.07) is 1.98. The summed E-state index contributed by atoms with van der Waals surface area (Å²) in [6.45, 7) is 8.72. The van der Waals surface area contributed by atoms with Gasteiger partial charge in [0.25, 0.3) is 0 Å². The zero-order chi connectivity index (χ0) is 10.6. The molecule has 3 heteroatoms. The maximum absolute atomic E-state index is 6.13. The lowest BCUT2D eigenvalue weighted by molar-refractivity contribution is 0.469. The molecule has 0 amide bonds. The van der Waals surface area contributed by atoms with Crippen LogP contribution >= 0.6 is 22.9 Å². The van der Waals surface area contributed by atoms with Gasteiger partial charge < -0.3 is 5.32 Å². The van der Waals surface area contributed by atoms with Crippen molar-refractivity contribution in [3.05, 3.63) is 21.3 Å². The van der Waals surface area contributed by atoms with Gasteiger partial charge in [0.05, 0.1) is 5.02 Å². The van der Waals surface area contributed by atoms with Crippen molar-refractivity contribution in [2.24, 2.45) is 0 Å². The van der Waals surface area contributed by atoms with Gasteiger partial charge in [0.15, 0.2) is 0 Å². The van der Waals surface area contributed by atoms with E-state index in [2.05, 4.69) is 31.5 Å². The van der Waals surface area contributed by atoms with Gasteiger partial charge in [0, 0.05) is 10.3 Å². The van der Waals surface area contributed by atoms with Crippen LogP contribution in [0.25, 0.3) is 0 Å². The fraction of sp³-hybridized carbons (Fsp3) is 0.636. The van der Waals surface area contributed by atoms with Crippen molar-refractivity contribution in [3.63, 3.8) is 0 Å². The molecule has 1 rings (SSSR count). The average Bonchev–Trinajstić information content (AvgIpc) is 2.52. The van der Waals surface area contributed by atoms with Crippen LogP contribution in [0.1, 0.15) is 32.1 Å². The quantitative estimate of drug-likeness (QED) is 0.763. The van der Waals surface area contributed by atoms with Crippen molar-refractivity contribution in [1.29, 1.82) is 0 Å². The van der Waals surface area contributed by atoms with Gasteiger partial charge in [-0.2, -0.15) is 0 Å². The monoisotopic (exact) mass is 231 g/mol. The summed E-state index contributed by atoms with van der Waals surface area (Å²) in [5, 5.41) is 6.32. The molecule has 0 aliphatic heterocycles. The Balaban J connectivity index is 2.61. The van der Waals surface area contributed by atoms with Crippen molar-refractivity contribution in [1.82, 2.24) is 5.32 Å². The smallest absolute Gasteiger partial charge is 0.0550 e. The Bertz CT molecular complexity index is 281. The summed E-state index contributed by atoms with van der Waals surface area (Å²) < 4.78 is 0. The van der Waals surface area contributed by atoms with E-state index in [0.29, 0.717) is 0 Å². The zero-order valence-electron chi connectivity index (χ0n) is 9.06. The Labute approximate surface area is 95.5 Å². The number of hydrogen-bond acceptors (Lipinski definition) is 2. The zero-order valence-corrected chi connectivity index (χ0v) is 10.6. The molecule has 0 fully saturated rings. The normalized spacial score (nSPS) is 12.0. The minimum absolute atomic E-state index is 0.188. The summed E-state index contributed by atoms with van der Waals surface area (Å²) in [6.07, 6.45) is 1.13. The number of nitrogens with one attached hydrogen (secondary N) is 1. The second-order valence-corrected chi connectivity index (χ2v) is 5.41. The van der Waals surface area contributed by atoms with E-state index in [4.69, 9.17) is 11.6 Å². The third-order valence-corrected chi connectivity index (χ3v) is 4.12. The largest absolute Gasteiger partial charge is 0.317 e. The Morgan fingerprint density at radius 2 is 2.21 bits per heavy atom. The first-order valence-electron chi connectivity index (χ1n) is 5.02. The van der Waals surface area contributed by atoms with Crippen LogP contribution in [-0.4, -0.2) is 13.1 Å². The van der Waals surface area contributed by atoms with E-state index >= 15 is 0 Å². The standard InChI is InChI=1S/C11H18ClNS/c1-4-13-7-6-11(2,3)10-9(12)5-8-14-10/h5,8,13H,4,6-7H2,1-3H3. The predicted octanol–water partition coefficient (Wildman–Crippen LogP) is 3.68. The lowest BCUT2D eigenvalue weighted by Crippen LogP contribution is -2.24. The van der Waals surface area contributed by atoms with E-state index in [1.807, 2.05) is 6.07 Å². The van der Waals surface area contributed by atoms with Gasteiger partial charge >= 0.3 is 0 Å². The van der Waals surface area contributed by atoms with Crippen molar-refractivity contribution in [3.8, 4) is 0 Å². The SMILES string of the molecule is CCNCCC(C)(C)c1sccc1Cl. The molecule has 1 aromatic heterocycles. The summed E-state index contributed by atoms with van der Waals surface area (Å²) in [5.74, 6) is 0. The molecule has 14 heavy (non-hydrogen) atoms. The molecule has 1 heterocycles. The molecule has 0 atom stereocenters. The van der Waals surface area contributed by atoms with Gasteiger partial charge in [-0.15, -0.1) is 11.3 Å². The molecule has 0 aromatic carbocycles. The molecule has 0 saturated carbocycles. The molecule has 80 valence electrons. The predicted molar refractivity (Wildman–Crippen MR) is 65.5 cm³/mol. The van der Waals surface area contributed by atoms with Crippen LogP contribution in [0.4, 0.5) is 0 Å². The summed E-state index contributed by atoms with van der Waals surface area (Å²) in [4.78, 5) is 1.30. The van der Waals surface area contributed by atoms with Crippen molar-refractivity contribution in [2.75, 3.05) is 13.1 Å². The molecule has 0 unspecified atom stereocenters. The first-order chi connectivity index (χ1) is 6.58. The van der Waals surface area contributed by atoms with E-state index in [1.54, 1.807) is 11.3 Å². The van der Waals surface area contributed by atoms with Gasteiger partial charge in [0.1, 0.15) is 0 Å². The average molecular weight is 232 g/mol. The molecule has 0 radical (unpaired) electrons. The van der Waals surface area contributed by atoms with Gasteiger partial charge in [-0.3, -0.25) is 0 Å². The number of rotatable bonds is 5. The van der Waals surface area contributed by atoms with E-state index in [9.17, 15) is 0 Å². The van der Waals surface area contributed by atoms with Crippen molar-refractivity contribution >= 4 is 22.9 Å². The summed E-state index contributed by atoms with van der Waals surface area (Å²) in [7, 11) is 0. The van der Waals surface area contributed by atoms with Crippen LogP contribution in [0.3, 0.4) is 0 Å². The third kappa shape index (κ3) is 2.97. The molecule has 0 spiro atoms. The van der Waals surface area contributed by atoms with E-state index in [0.717, 1.165) is 24.5 Å². The van der Waals surface area contributed by atoms with E-state index in [-0.39, 0.29) is 5.41 Å².